The van der Waals surface area contributed by atoms with Crippen LogP contribution in [0.5, 0.6) is 0 Å². The molecule has 0 unspecified atom stereocenters. The lowest BCUT2D eigenvalue weighted by Gasteiger charge is -2.03. The summed E-state index contributed by atoms with van der Waals surface area (Å²) in [6.07, 6.45) is 0.889. The highest BCUT2D eigenvalue weighted by atomic mass is 127. The Morgan fingerprint density at radius 2 is 1.88 bits per heavy atom. The molecule has 0 aliphatic heterocycles. The van der Waals surface area contributed by atoms with E-state index in [0.29, 0.717) is 9.64 Å². The lowest BCUT2D eigenvalue weighted by Crippen LogP contribution is -1.92. The minimum atomic E-state index is -0.818. The molecule has 81 valence electrons. The number of benzene rings is 1. The second-order valence-corrected chi connectivity index (χ2v) is 4.21. The van der Waals surface area contributed by atoms with Crippen LogP contribution < -0.4 is 0 Å². The Bertz CT molecular complexity index is 522. The molecule has 1 aromatic carbocycles. The molecule has 0 saturated heterocycles. The Morgan fingerprint density at radius 3 is 2.50 bits per heavy atom. The van der Waals surface area contributed by atoms with Gasteiger partial charge in [0.15, 0.2) is 5.82 Å². The molecular formula is C11H4F3IN. The summed E-state index contributed by atoms with van der Waals surface area (Å²) in [7, 11) is 0. The predicted molar refractivity (Wildman–Crippen MR) is 61.1 cm³/mol. The predicted octanol–water partition coefficient (Wildman–Crippen LogP) is 3.57. The molecule has 0 spiro atoms. The van der Waals surface area contributed by atoms with Crippen LogP contribution in [-0.2, 0) is 0 Å². The molecule has 5 heteroatoms. The van der Waals surface area contributed by atoms with Crippen molar-refractivity contribution in [1.82, 2.24) is 4.98 Å². The maximum atomic E-state index is 13.4. The lowest BCUT2D eigenvalue weighted by atomic mass is 10.1. The SMILES string of the molecule is Fc1[c]c(I)cc(-c2ncc(F)cc2F)c1. The summed E-state index contributed by atoms with van der Waals surface area (Å²) in [6, 6.07) is 5.74. The fraction of sp³-hybridized carbons (Fsp3) is 0. The number of aromatic nitrogens is 1. The van der Waals surface area contributed by atoms with E-state index in [4.69, 9.17) is 0 Å². The zero-order valence-electron chi connectivity index (χ0n) is 7.77. The molecule has 0 bridgehead atoms. The molecular weight excluding hydrogens is 330 g/mol. The Morgan fingerprint density at radius 1 is 1.12 bits per heavy atom. The molecule has 0 amide bonds. The van der Waals surface area contributed by atoms with E-state index < -0.39 is 17.5 Å². The van der Waals surface area contributed by atoms with E-state index in [2.05, 4.69) is 11.1 Å². The van der Waals surface area contributed by atoms with Gasteiger partial charge in [0.25, 0.3) is 0 Å². The van der Waals surface area contributed by atoms with Crippen LogP contribution in [0.4, 0.5) is 13.2 Å². The quantitative estimate of drug-likeness (QED) is 0.727. The van der Waals surface area contributed by atoms with Crippen molar-refractivity contribution < 1.29 is 13.2 Å². The Kier molecular flexibility index (Phi) is 3.13. The van der Waals surface area contributed by atoms with Gasteiger partial charge in [0.05, 0.1) is 6.20 Å². The minimum Gasteiger partial charge on any atom is -0.250 e. The number of hydrogen-bond acceptors (Lipinski definition) is 1. The summed E-state index contributed by atoms with van der Waals surface area (Å²) < 4.78 is 39.5. The third-order valence-corrected chi connectivity index (χ3v) is 2.47. The normalized spacial score (nSPS) is 10.5. The molecule has 1 heterocycles. The van der Waals surface area contributed by atoms with Gasteiger partial charge >= 0.3 is 0 Å². The molecule has 0 aliphatic carbocycles. The van der Waals surface area contributed by atoms with Crippen molar-refractivity contribution in [3.05, 3.63) is 51.5 Å². The average molecular weight is 334 g/mol. The maximum absolute atomic E-state index is 13.4. The largest absolute Gasteiger partial charge is 0.250 e. The summed E-state index contributed by atoms with van der Waals surface area (Å²) in [5, 5.41) is 0. The summed E-state index contributed by atoms with van der Waals surface area (Å²) in [5.41, 5.74) is 0.186. The van der Waals surface area contributed by atoms with Crippen molar-refractivity contribution in [3.63, 3.8) is 0 Å². The average Bonchev–Trinajstić information content (AvgIpc) is 2.15. The number of hydrogen-bond donors (Lipinski definition) is 0. The summed E-state index contributed by atoms with van der Waals surface area (Å²) >= 11 is 1.86. The Balaban J connectivity index is 2.58. The molecule has 0 saturated carbocycles. The first-order valence-electron chi connectivity index (χ1n) is 4.26. The standard InChI is InChI=1S/C11H4F3IN/c12-7-1-6(2-9(15)3-7)11-10(14)4-8(13)5-16-11/h1-2,4-5H. The molecule has 2 aromatic rings. The van der Waals surface area contributed by atoms with Crippen molar-refractivity contribution in [2.24, 2.45) is 0 Å². The van der Waals surface area contributed by atoms with E-state index in [1.165, 1.54) is 6.07 Å². The first-order valence-corrected chi connectivity index (χ1v) is 5.34. The van der Waals surface area contributed by atoms with Crippen molar-refractivity contribution >= 4 is 22.6 Å². The third kappa shape index (κ3) is 2.34. The summed E-state index contributed by atoms with van der Waals surface area (Å²) in [5.74, 6) is -2.19. The van der Waals surface area contributed by atoms with Gasteiger partial charge in [-0.25, -0.2) is 13.2 Å². The van der Waals surface area contributed by atoms with Gasteiger partial charge in [-0.2, -0.15) is 0 Å². The van der Waals surface area contributed by atoms with Gasteiger partial charge in [-0.15, -0.1) is 0 Å². The van der Waals surface area contributed by atoms with Crippen molar-refractivity contribution in [2.45, 2.75) is 0 Å². The van der Waals surface area contributed by atoms with Crippen LogP contribution in [0.25, 0.3) is 11.3 Å². The fourth-order valence-corrected chi connectivity index (χ4v) is 1.86. The van der Waals surface area contributed by atoms with Gasteiger partial charge in [-0.3, -0.25) is 4.98 Å². The van der Waals surface area contributed by atoms with Crippen LogP contribution in [0.15, 0.2) is 24.4 Å². The number of pyridine rings is 1. The first-order chi connectivity index (χ1) is 7.56. The molecule has 1 aromatic heterocycles. The molecule has 0 N–H and O–H groups in total. The van der Waals surface area contributed by atoms with Crippen molar-refractivity contribution in [1.29, 1.82) is 0 Å². The minimum absolute atomic E-state index is 0.0767. The van der Waals surface area contributed by atoms with Gasteiger partial charge in [-0.1, -0.05) is 0 Å². The van der Waals surface area contributed by atoms with E-state index in [-0.39, 0.29) is 11.3 Å². The van der Waals surface area contributed by atoms with Gasteiger partial charge < -0.3 is 0 Å². The van der Waals surface area contributed by atoms with Crippen LogP contribution in [0.3, 0.4) is 0 Å². The number of halogens is 4. The molecule has 0 aliphatic rings. The van der Waals surface area contributed by atoms with E-state index in [0.717, 1.165) is 12.3 Å². The zero-order chi connectivity index (χ0) is 11.7. The van der Waals surface area contributed by atoms with Crippen LogP contribution in [0, 0.1) is 27.1 Å². The topological polar surface area (TPSA) is 12.9 Å². The van der Waals surface area contributed by atoms with Crippen LogP contribution in [-0.4, -0.2) is 4.98 Å². The molecule has 1 radical (unpaired) electrons. The molecule has 2 rings (SSSR count). The molecule has 1 nitrogen and oxygen atoms in total. The first kappa shape index (κ1) is 11.4. The molecule has 16 heavy (non-hydrogen) atoms. The van der Waals surface area contributed by atoms with E-state index >= 15 is 0 Å². The fourth-order valence-electron chi connectivity index (χ4n) is 1.26. The van der Waals surface area contributed by atoms with E-state index in [9.17, 15) is 13.2 Å². The second-order valence-electron chi connectivity index (χ2n) is 3.05. The van der Waals surface area contributed by atoms with Gasteiger partial charge in [0.1, 0.15) is 17.3 Å². The summed E-state index contributed by atoms with van der Waals surface area (Å²) in [4.78, 5) is 3.60. The van der Waals surface area contributed by atoms with Gasteiger partial charge in [0, 0.05) is 21.3 Å². The second kappa shape index (κ2) is 4.40. The lowest BCUT2D eigenvalue weighted by molar-refractivity contribution is 0.576. The van der Waals surface area contributed by atoms with E-state index in [1.54, 1.807) is 0 Å². The van der Waals surface area contributed by atoms with Crippen LogP contribution in [0.2, 0.25) is 0 Å². The highest BCUT2D eigenvalue weighted by Crippen LogP contribution is 2.23. The zero-order valence-corrected chi connectivity index (χ0v) is 9.93. The molecule has 0 fully saturated rings. The molecule has 0 atom stereocenters. The third-order valence-electron chi connectivity index (χ3n) is 1.88. The monoisotopic (exact) mass is 334 g/mol. The smallest absolute Gasteiger partial charge is 0.152 e. The number of rotatable bonds is 1. The number of nitrogens with zero attached hydrogens (tertiary/aromatic N) is 1. The Hall–Kier alpha value is -1.11. The highest BCUT2D eigenvalue weighted by molar-refractivity contribution is 14.1. The highest BCUT2D eigenvalue weighted by Gasteiger charge is 2.10. The maximum Gasteiger partial charge on any atom is 0.152 e. The van der Waals surface area contributed by atoms with Crippen molar-refractivity contribution in [2.75, 3.05) is 0 Å². The van der Waals surface area contributed by atoms with Crippen molar-refractivity contribution in [3.8, 4) is 11.3 Å². The van der Waals surface area contributed by atoms with Gasteiger partial charge in [0.2, 0.25) is 0 Å². The van der Waals surface area contributed by atoms with Crippen LogP contribution >= 0.6 is 22.6 Å². The van der Waals surface area contributed by atoms with Crippen LogP contribution in [0.1, 0.15) is 0 Å². The Labute approximate surface area is 103 Å². The van der Waals surface area contributed by atoms with E-state index in [1.807, 2.05) is 22.6 Å². The summed E-state index contributed by atoms with van der Waals surface area (Å²) in [6.45, 7) is 0. The van der Waals surface area contributed by atoms with Gasteiger partial charge in [-0.05, 0) is 34.7 Å².